The van der Waals surface area contributed by atoms with E-state index in [0.717, 1.165) is 34.9 Å². The Morgan fingerprint density at radius 1 is 1.32 bits per heavy atom. The Balaban J connectivity index is 1.48. The SMILES string of the molecule is C[C@@H]1CN(C(=O)O)CCN1CC(CC#N)n1cc(-c2ncnc3c2ccn3COCC[Si](C)(C)C)cn1. The third-order valence-corrected chi connectivity index (χ3v) is 8.54. The summed E-state index contributed by atoms with van der Waals surface area (Å²) in [7, 11) is -1.14. The van der Waals surface area contributed by atoms with Crippen LogP contribution in [0.3, 0.4) is 0 Å². The Labute approximate surface area is 218 Å². The molecule has 4 heterocycles. The van der Waals surface area contributed by atoms with Crippen LogP contribution in [0.1, 0.15) is 19.4 Å². The van der Waals surface area contributed by atoms with Crippen molar-refractivity contribution < 1.29 is 14.6 Å². The van der Waals surface area contributed by atoms with Crippen molar-refractivity contribution in [3.63, 3.8) is 0 Å². The summed E-state index contributed by atoms with van der Waals surface area (Å²) in [4.78, 5) is 24.0. The molecule has 1 N–H and O–H groups in total. The molecule has 1 unspecified atom stereocenters. The van der Waals surface area contributed by atoms with E-state index in [0.29, 0.717) is 39.3 Å². The molecule has 1 aliphatic heterocycles. The molecule has 37 heavy (non-hydrogen) atoms. The molecule has 1 amide bonds. The number of carbonyl (C=O) groups is 1. The van der Waals surface area contributed by atoms with Gasteiger partial charge in [-0.05, 0) is 19.0 Å². The topological polar surface area (TPSA) is 125 Å². The van der Waals surface area contributed by atoms with Gasteiger partial charge in [0.1, 0.15) is 18.7 Å². The number of ether oxygens (including phenoxy) is 1. The lowest BCUT2D eigenvalue weighted by Gasteiger charge is -2.39. The highest BCUT2D eigenvalue weighted by molar-refractivity contribution is 6.76. The zero-order valence-corrected chi connectivity index (χ0v) is 23.0. The van der Waals surface area contributed by atoms with Crippen molar-refractivity contribution >= 4 is 25.2 Å². The lowest BCUT2D eigenvalue weighted by atomic mass is 10.1. The van der Waals surface area contributed by atoms with E-state index in [1.165, 1.54) is 4.90 Å². The second-order valence-electron chi connectivity index (χ2n) is 10.9. The fraction of sp³-hybridized carbons (Fsp3) is 0.560. The summed E-state index contributed by atoms with van der Waals surface area (Å²) in [5, 5.41) is 24.3. The molecule has 2 atom stereocenters. The molecule has 0 aromatic carbocycles. The average molecular weight is 525 g/mol. The van der Waals surface area contributed by atoms with Crippen molar-refractivity contribution in [1.82, 2.24) is 34.1 Å². The molecule has 12 heteroatoms. The molecule has 0 radical (unpaired) electrons. The van der Waals surface area contributed by atoms with Crippen molar-refractivity contribution in [2.24, 2.45) is 0 Å². The van der Waals surface area contributed by atoms with E-state index in [2.05, 4.69) is 45.7 Å². The molecule has 0 bridgehead atoms. The second kappa shape index (κ2) is 11.4. The molecular weight excluding hydrogens is 488 g/mol. The van der Waals surface area contributed by atoms with Crippen LogP contribution in [0, 0.1) is 11.3 Å². The minimum atomic E-state index is -1.14. The summed E-state index contributed by atoms with van der Waals surface area (Å²) >= 11 is 0. The van der Waals surface area contributed by atoms with Gasteiger partial charge in [0.2, 0.25) is 0 Å². The highest BCUT2D eigenvalue weighted by Gasteiger charge is 2.29. The van der Waals surface area contributed by atoms with Crippen LogP contribution in [0.15, 0.2) is 31.0 Å². The van der Waals surface area contributed by atoms with Gasteiger partial charge in [0.15, 0.2) is 0 Å². The molecule has 0 spiro atoms. The predicted octanol–water partition coefficient (Wildman–Crippen LogP) is 3.75. The molecule has 3 aromatic rings. The second-order valence-corrected chi connectivity index (χ2v) is 16.5. The molecule has 198 valence electrons. The van der Waals surface area contributed by atoms with Crippen LogP contribution < -0.4 is 0 Å². The normalized spacial score (nSPS) is 17.7. The van der Waals surface area contributed by atoms with Gasteiger partial charge in [0, 0.05) is 70.2 Å². The van der Waals surface area contributed by atoms with Crippen LogP contribution in [0.2, 0.25) is 25.7 Å². The summed E-state index contributed by atoms with van der Waals surface area (Å²) in [6.07, 6.45) is 6.66. The smallest absolute Gasteiger partial charge is 0.407 e. The van der Waals surface area contributed by atoms with Gasteiger partial charge in [-0.1, -0.05) is 19.6 Å². The van der Waals surface area contributed by atoms with Gasteiger partial charge in [0.05, 0.1) is 30.4 Å². The first-order valence-electron chi connectivity index (χ1n) is 12.7. The van der Waals surface area contributed by atoms with E-state index in [4.69, 9.17) is 4.74 Å². The van der Waals surface area contributed by atoms with Gasteiger partial charge in [-0.15, -0.1) is 0 Å². The van der Waals surface area contributed by atoms with Crippen LogP contribution in [0.4, 0.5) is 4.79 Å². The van der Waals surface area contributed by atoms with Gasteiger partial charge >= 0.3 is 6.09 Å². The maximum atomic E-state index is 11.3. The third kappa shape index (κ3) is 6.54. The molecule has 3 aromatic heterocycles. The number of amides is 1. The summed E-state index contributed by atoms with van der Waals surface area (Å²) in [6.45, 7) is 12.4. The third-order valence-electron chi connectivity index (χ3n) is 6.84. The Morgan fingerprint density at radius 2 is 2.14 bits per heavy atom. The highest BCUT2D eigenvalue weighted by atomic mass is 28.3. The molecule has 1 fully saturated rings. The lowest BCUT2D eigenvalue weighted by molar-refractivity contribution is 0.0662. The molecule has 1 aliphatic rings. The van der Waals surface area contributed by atoms with E-state index in [-0.39, 0.29) is 12.1 Å². The molecule has 11 nitrogen and oxygen atoms in total. The van der Waals surface area contributed by atoms with E-state index < -0.39 is 14.2 Å². The summed E-state index contributed by atoms with van der Waals surface area (Å²) in [5.74, 6) is 0. The van der Waals surface area contributed by atoms with Gasteiger partial charge in [0.25, 0.3) is 0 Å². The molecule has 4 rings (SSSR count). The number of nitriles is 1. The minimum Gasteiger partial charge on any atom is -0.465 e. The number of hydrogen-bond donors (Lipinski definition) is 1. The van der Waals surface area contributed by atoms with Crippen molar-refractivity contribution in [3.05, 3.63) is 31.0 Å². The average Bonchev–Trinajstić information content (AvgIpc) is 3.49. The van der Waals surface area contributed by atoms with Crippen LogP contribution in [0.5, 0.6) is 0 Å². The predicted molar refractivity (Wildman–Crippen MR) is 143 cm³/mol. The van der Waals surface area contributed by atoms with Crippen LogP contribution in [-0.2, 0) is 11.5 Å². The molecule has 0 aliphatic carbocycles. The number of piperazine rings is 1. The van der Waals surface area contributed by atoms with Gasteiger partial charge in [-0.25, -0.2) is 14.8 Å². The van der Waals surface area contributed by atoms with Crippen molar-refractivity contribution in [3.8, 4) is 17.3 Å². The molecule has 1 saturated heterocycles. The van der Waals surface area contributed by atoms with E-state index in [9.17, 15) is 15.2 Å². The van der Waals surface area contributed by atoms with Crippen molar-refractivity contribution in [2.45, 2.75) is 57.8 Å². The molecular formula is C25H36N8O3Si. The number of rotatable bonds is 10. The van der Waals surface area contributed by atoms with Gasteiger partial charge in [-0.3, -0.25) is 9.58 Å². The Morgan fingerprint density at radius 3 is 2.84 bits per heavy atom. The Bertz CT molecular complexity index is 1260. The zero-order chi connectivity index (χ0) is 26.6. The summed E-state index contributed by atoms with van der Waals surface area (Å²) < 4.78 is 9.75. The van der Waals surface area contributed by atoms with E-state index >= 15 is 0 Å². The van der Waals surface area contributed by atoms with E-state index in [1.807, 2.05) is 34.6 Å². The Hall–Kier alpha value is -3.27. The number of nitrogens with zero attached hydrogens (tertiary/aromatic N) is 8. The highest BCUT2D eigenvalue weighted by Crippen LogP contribution is 2.27. The zero-order valence-electron chi connectivity index (χ0n) is 22.0. The first-order chi connectivity index (χ1) is 17.7. The fourth-order valence-electron chi connectivity index (χ4n) is 4.60. The fourth-order valence-corrected chi connectivity index (χ4v) is 5.35. The van der Waals surface area contributed by atoms with E-state index in [1.54, 1.807) is 12.5 Å². The summed E-state index contributed by atoms with van der Waals surface area (Å²) in [5.41, 5.74) is 2.46. The number of hydrogen-bond acceptors (Lipinski definition) is 7. The minimum absolute atomic E-state index is 0.0651. The van der Waals surface area contributed by atoms with Crippen molar-refractivity contribution in [2.75, 3.05) is 32.8 Å². The van der Waals surface area contributed by atoms with Gasteiger partial charge < -0.3 is 19.3 Å². The first kappa shape index (κ1) is 26.8. The first-order valence-corrected chi connectivity index (χ1v) is 16.4. The Kier molecular flexibility index (Phi) is 8.26. The number of aromatic nitrogens is 5. The standard InChI is InChI=1S/C25H36N8O3Si/c1-19-14-31(25(34)35)10-9-30(19)16-21(5-7-26)33-15-20(13-29-33)23-22-6-8-32(24(22)28-17-27-23)18-36-11-12-37(2,3)4/h6,8,13,15,17,19,21H,5,9-12,14,16,18H2,1-4H3,(H,34,35)/t19-,21?/m1/s1. The van der Waals surface area contributed by atoms with Crippen molar-refractivity contribution in [1.29, 1.82) is 5.26 Å². The van der Waals surface area contributed by atoms with Crippen LogP contribution >= 0.6 is 0 Å². The maximum absolute atomic E-state index is 11.3. The quantitative estimate of drug-likeness (QED) is 0.314. The number of fused-ring (bicyclic) bond motifs is 1. The van der Waals surface area contributed by atoms with Crippen LogP contribution in [-0.4, -0.2) is 92.2 Å². The van der Waals surface area contributed by atoms with Crippen LogP contribution in [0.25, 0.3) is 22.3 Å². The monoisotopic (exact) mass is 524 g/mol. The maximum Gasteiger partial charge on any atom is 0.407 e. The molecule has 0 saturated carbocycles. The number of carboxylic acid groups (broad SMARTS) is 1. The van der Waals surface area contributed by atoms with Gasteiger partial charge in [-0.2, -0.15) is 10.4 Å². The largest absolute Gasteiger partial charge is 0.465 e. The lowest BCUT2D eigenvalue weighted by Crippen LogP contribution is -2.54. The summed E-state index contributed by atoms with van der Waals surface area (Å²) in [6, 6.07) is 5.31.